The highest BCUT2D eigenvalue weighted by atomic mass is 16.1. The van der Waals surface area contributed by atoms with Crippen molar-refractivity contribution in [2.75, 3.05) is 0 Å². The molecule has 1 aliphatic carbocycles. The van der Waals surface area contributed by atoms with Crippen LogP contribution in [0.2, 0.25) is 0 Å². The summed E-state index contributed by atoms with van der Waals surface area (Å²) in [5.74, 6) is 0.166. The minimum atomic E-state index is 0.0646. The Hall–Kier alpha value is -2.03. The molecule has 122 valence electrons. The Bertz CT molecular complexity index is 627. The number of rotatable bonds is 5. The number of nitrogens with zero attached hydrogens (tertiary/aromatic N) is 1. The lowest BCUT2D eigenvalue weighted by Gasteiger charge is -2.25. The topological polar surface area (TPSA) is 34.0 Å². The second-order valence-electron chi connectivity index (χ2n) is 6.61. The Morgan fingerprint density at radius 2 is 1.83 bits per heavy atom. The summed E-state index contributed by atoms with van der Waals surface area (Å²) in [6, 6.07) is 12.8. The smallest absolute Gasteiger partial charge is 0.222 e. The second-order valence-corrected chi connectivity index (χ2v) is 6.61. The van der Waals surface area contributed by atoms with Crippen molar-refractivity contribution in [1.29, 1.82) is 0 Å². The van der Waals surface area contributed by atoms with Crippen LogP contribution in [0.1, 0.15) is 55.7 Å². The normalized spacial score (nSPS) is 16.9. The third-order valence-corrected chi connectivity index (χ3v) is 4.88. The monoisotopic (exact) mass is 310 g/mol. The Kier molecular flexibility index (Phi) is 5.16. The van der Waals surface area contributed by atoms with Crippen molar-refractivity contribution in [3.63, 3.8) is 0 Å². The molecule has 0 saturated heterocycles. The van der Waals surface area contributed by atoms with Crippen molar-refractivity contribution < 1.29 is 4.79 Å². The van der Waals surface area contributed by atoms with Crippen LogP contribution >= 0.6 is 0 Å². The summed E-state index contributed by atoms with van der Waals surface area (Å²) in [7, 11) is 0. The largest absolute Gasteiger partial charge is 0.353 e. The van der Waals surface area contributed by atoms with E-state index < -0.39 is 0 Å². The summed E-state index contributed by atoms with van der Waals surface area (Å²) in [4.78, 5) is 12.6. The van der Waals surface area contributed by atoms with Gasteiger partial charge in [-0.1, -0.05) is 43.5 Å². The fourth-order valence-corrected chi connectivity index (χ4v) is 3.60. The molecule has 1 N–H and O–H groups in total. The van der Waals surface area contributed by atoms with Gasteiger partial charge in [-0.2, -0.15) is 0 Å². The molecule has 0 radical (unpaired) electrons. The minimum Gasteiger partial charge on any atom is -0.353 e. The average molecular weight is 310 g/mol. The molecule has 2 aromatic rings. The first kappa shape index (κ1) is 15.9. The van der Waals surface area contributed by atoms with Crippen LogP contribution in [0.3, 0.4) is 0 Å². The van der Waals surface area contributed by atoms with Gasteiger partial charge in [-0.3, -0.25) is 4.79 Å². The summed E-state index contributed by atoms with van der Waals surface area (Å²) in [6.07, 6.45) is 10.6. The molecule has 1 heterocycles. The van der Waals surface area contributed by atoms with E-state index in [0.717, 1.165) is 12.8 Å². The van der Waals surface area contributed by atoms with Crippen molar-refractivity contribution in [3.8, 4) is 0 Å². The lowest BCUT2D eigenvalue weighted by Crippen LogP contribution is -2.37. The fraction of sp³-hybridized carbons (Fsp3) is 0.450. The highest BCUT2D eigenvalue weighted by Crippen LogP contribution is 2.26. The Balaban J connectivity index is 1.74. The second kappa shape index (κ2) is 7.49. The first-order chi connectivity index (χ1) is 11.2. The van der Waals surface area contributed by atoms with Gasteiger partial charge in [-0.15, -0.1) is 0 Å². The van der Waals surface area contributed by atoms with E-state index in [1.807, 2.05) is 30.6 Å². The SMILES string of the molecule is Cc1ccccc1[C@H](CC(=O)NC1CCCCC1)n1cccc1. The zero-order valence-corrected chi connectivity index (χ0v) is 13.9. The summed E-state index contributed by atoms with van der Waals surface area (Å²) < 4.78 is 2.14. The molecule has 0 aliphatic heterocycles. The van der Waals surface area contributed by atoms with Crippen molar-refractivity contribution in [2.24, 2.45) is 0 Å². The molecule has 0 bridgehead atoms. The lowest BCUT2D eigenvalue weighted by molar-refractivity contribution is -0.122. The molecule has 3 nitrogen and oxygen atoms in total. The van der Waals surface area contributed by atoms with Crippen LogP contribution in [0.15, 0.2) is 48.8 Å². The number of aryl methyl sites for hydroxylation is 1. The lowest BCUT2D eigenvalue weighted by atomic mass is 9.94. The zero-order chi connectivity index (χ0) is 16.1. The fourth-order valence-electron chi connectivity index (χ4n) is 3.60. The van der Waals surface area contributed by atoms with Crippen LogP contribution in [0, 0.1) is 6.92 Å². The standard InChI is InChI=1S/C20H26N2O/c1-16-9-5-6-12-18(16)19(22-13-7-8-14-22)15-20(23)21-17-10-3-2-4-11-17/h5-9,12-14,17,19H,2-4,10-11,15H2,1H3,(H,21,23)/t19-/m0/s1. The van der Waals surface area contributed by atoms with Crippen LogP contribution in [0.5, 0.6) is 0 Å². The van der Waals surface area contributed by atoms with Gasteiger partial charge in [-0.05, 0) is 43.0 Å². The van der Waals surface area contributed by atoms with Gasteiger partial charge < -0.3 is 9.88 Å². The molecule has 3 heteroatoms. The number of carbonyl (C=O) groups is 1. The average Bonchev–Trinajstić information content (AvgIpc) is 3.09. The van der Waals surface area contributed by atoms with Crippen molar-refractivity contribution in [3.05, 3.63) is 59.9 Å². The van der Waals surface area contributed by atoms with Crippen LogP contribution in [-0.4, -0.2) is 16.5 Å². The number of carbonyl (C=O) groups excluding carboxylic acids is 1. The highest BCUT2D eigenvalue weighted by molar-refractivity contribution is 5.77. The van der Waals surface area contributed by atoms with E-state index in [0.29, 0.717) is 12.5 Å². The molecule has 0 spiro atoms. The van der Waals surface area contributed by atoms with Gasteiger partial charge in [0.25, 0.3) is 0 Å². The molecule has 1 aromatic carbocycles. The van der Waals surface area contributed by atoms with Crippen LogP contribution in [0.25, 0.3) is 0 Å². The number of hydrogen-bond acceptors (Lipinski definition) is 1. The van der Waals surface area contributed by atoms with Gasteiger partial charge >= 0.3 is 0 Å². The number of aromatic nitrogens is 1. The molecule has 1 atom stereocenters. The van der Waals surface area contributed by atoms with Crippen molar-refractivity contribution >= 4 is 5.91 Å². The van der Waals surface area contributed by atoms with E-state index in [2.05, 4.69) is 35.0 Å². The third kappa shape index (κ3) is 4.04. The van der Waals surface area contributed by atoms with Gasteiger partial charge in [0.15, 0.2) is 0 Å². The quantitative estimate of drug-likeness (QED) is 0.881. The molecule has 23 heavy (non-hydrogen) atoms. The molecular formula is C20H26N2O. The number of benzene rings is 1. The maximum atomic E-state index is 12.6. The summed E-state index contributed by atoms with van der Waals surface area (Å²) in [5.41, 5.74) is 2.46. The van der Waals surface area contributed by atoms with Crippen LogP contribution < -0.4 is 5.32 Å². The van der Waals surface area contributed by atoms with E-state index in [-0.39, 0.29) is 11.9 Å². The van der Waals surface area contributed by atoms with Crippen molar-refractivity contribution in [2.45, 2.75) is 57.5 Å². The van der Waals surface area contributed by atoms with Gasteiger partial charge in [0.1, 0.15) is 0 Å². The van der Waals surface area contributed by atoms with Crippen LogP contribution in [-0.2, 0) is 4.79 Å². The maximum absolute atomic E-state index is 12.6. The van der Waals surface area contributed by atoms with Crippen LogP contribution in [0.4, 0.5) is 0 Å². The summed E-state index contributed by atoms with van der Waals surface area (Å²) in [6.45, 7) is 2.12. The molecule has 1 aromatic heterocycles. The first-order valence-electron chi connectivity index (χ1n) is 8.71. The molecule has 3 rings (SSSR count). The van der Waals surface area contributed by atoms with E-state index in [9.17, 15) is 4.79 Å². The summed E-state index contributed by atoms with van der Waals surface area (Å²) >= 11 is 0. The van der Waals surface area contributed by atoms with E-state index in [4.69, 9.17) is 0 Å². The Morgan fingerprint density at radius 3 is 2.52 bits per heavy atom. The minimum absolute atomic E-state index is 0.0646. The zero-order valence-electron chi connectivity index (χ0n) is 13.9. The van der Waals surface area contributed by atoms with Gasteiger partial charge in [0.2, 0.25) is 5.91 Å². The van der Waals surface area contributed by atoms with E-state index in [1.54, 1.807) is 0 Å². The predicted octanol–water partition coefficient (Wildman–Crippen LogP) is 4.22. The highest BCUT2D eigenvalue weighted by Gasteiger charge is 2.21. The molecule has 1 aliphatic rings. The summed E-state index contributed by atoms with van der Waals surface area (Å²) in [5, 5.41) is 3.25. The van der Waals surface area contributed by atoms with E-state index in [1.165, 1.54) is 30.4 Å². The molecule has 1 amide bonds. The molecule has 1 saturated carbocycles. The molecule has 1 fully saturated rings. The molecule has 0 unspecified atom stereocenters. The predicted molar refractivity (Wildman–Crippen MR) is 93.4 cm³/mol. The van der Waals surface area contributed by atoms with Gasteiger partial charge in [0, 0.05) is 18.4 Å². The third-order valence-electron chi connectivity index (χ3n) is 4.88. The number of nitrogens with one attached hydrogen (secondary N) is 1. The maximum Gasteiger partial charge on any atom is 0.222 e. The van der Waals surface area contributed by atoms with Crippen molar-refractivity contribution in [1.82, 2.24) is 9.88 Å². The Labute approximate surface area is 138 Å². The first-order valence-corrected chi connectivity index (χ1v) is 8.71. The number of hydrogen-bond donors (Lipinski definition) is 1. The van der Waals surface area contributed by atoms with E-state index >= 15 is 0 Å². The number of amides is 1. The van der Waals surface area contributed by atoms with Gasteiger partial charge in [0.05, 0.1) is 12.5 Å². The van der Waals surface area contributed by atoms with Gasteiger partial charge in [-0.25, -0.2) is 0 Å². The molecular weight excluding hydrogens is 284 g/mol. The Morgan fingerprint density at radius 1 is 1.13 bits per heavy atom.